The smallest absolute Gasteiger partial charge is 0.240 e. The fraction of sp³-hybridized carbons (Fsp3) is 0.500. The number of hydrogen-bond donors (Lipinski definition) is 1. The molecule has 0 radical (unpaired) electrons. The Bertz CT molecular complexity index is 405. The molecule has 0 atom stereocenters. The summed E-state index contributed by atoms with van der Waals surface area (Å²) < 4.78 is 6.78. The van der Waals surface area contributed by atoms with Crippen molar-refractivity contribution in [3.8, 4) is 0 Å². The zero-order chi connectivity index (χ0) is 11.4. The molecular formula is C10H15N5O. The molecule has 0 aliphatic heterocycles. The number of aromatic nitrogens is 4. The molecule has 16 heavy (non-hydrogen) atoms. The molecule has 2 heterocycles. The van der Waals surface area contributed by atoms with Crippen LogP contribution in [0.3, 0.4) is 0 Å². The lowest BCUT2D eigenvalue weighted by atomic mass is 10.2. The first kappa shape index (κ1) is 10.8. The SMILES string of the molecule is Cc1noc(CNCCc2cnn(C)c2)n1. The van der Waals surface area contributed by atoms with Crippen LogP contribution in [0.2, 0.25) is 0 Å². The summed E-state index contributed by atoms with van der Waals surface area (Å²) in [4.78, 5) is 4.10. The first-order valence-electron chi connectivity index (χ1n) is 5.21. The minimum absolute atomic E-state index is 0.612. The van der Waals surface area contributed by atoms with E-state index >= 15 is 0 Å². The molecule has 0 unspecified atom stereocenters. The van der Waals surface area contributed by atoms with E-state index in [1.807, 2.05) is 26.4 Å². The Balaban J connectivity index is 1.69. The van der Waals surface area contributed by atoms with Crippen molar-refractivity contribution in [2.45, 2.75) is 19.9 Å². The largest absolute Gasteiger partial charge is 0.338 e. The first-order chi connectivity index (χ1) is 7.74. The van der Waals surface area contributed by atoms with Crippen LogP contribution in [0.4, 0.5) is 0 Å². The molecule has 0 aliphatic rings. The maximum absolute atomic E-state index is 4.98. The lowest BCUT2D eigenvalue weighted by Gasteiger charge is -1.98. The number of rotatable bonds is 5. The summed E-state index contributed by atoms with van der Waals surface area (Å²) in [7, 11) is 1.91. The maximum atomic E-state index is 4.98. The normalized spacial score (nSPS) is 10.9. The van der Waals surface area contributed by atoms with Crippen LogP contribution < -0.4 is 5.32 Å². The second kappa shape index (κ2) is 4.89. The Labute approximate surface area is 93.7 Å². The van der Waals surface area contributed by atoms with Crippen molar-refractivity contribution in [2.24, 2.45) is 7.05 Å². The summed E-state index contributed by atoms with van der Waals surface area (Å²) in [5.41, 5.74) is 1.22. The van der Waals surface area contributed by atoms with Gasteiger partial charge in [0.2, 0.25) is 5.89 Å². The van der Waals surface area contributed by atoms with Crippen LogP contribution in [0.15, 0.2) is 16.9 Å². The summed E-state index contributed by atoms with van der Waals surface area (Å²) in [6.45, 7) is 3.29. The van der Waals surface area contributed by atoms with Gasteiger partial charge in [0.1, 0.15) is 0 Å². The third-order valence-electron chi connectivity index (χ3n) is 2.19. The van der Waals surface area contributed by atoms with Crippen LogP contribution in [0.5, 0.6) is 0 Å². The van der Waals surface area contributed by atoms with Gasteiger partial charge in [-0.3, -0.25) is 4.68 Å². The van der Waals surface area contributed by atoms with E-state index in [4.69, 9.17) is 4.52 Å². The van der Waals surface area contributed by atoms with Gasteiger partial charge >= 0.3 is 0 Å². The molecule has 0 aromatic carbocycles. The summed E-state index contributed by atoms with van der Waals surface area (Å²) in [6.07, 6.45) is 4.83. The van der Waals surface area contributed by atoms with Crippen LogP contribution >= 0.6 is 0 Å². The van der Waals surface area contributed by atoms with Gasteiger partial charge < -0.3 is 9.84 Å². The van der Waals surface area contributed by atoms with Crippen molar-refractivity contribution in [2.75, 3.05) is 6.54 Å². The van der Waals surface area contributed by atoms with Crippen LogP contribution in [-0.2, 0) is 20.0 Å². The predicted molar refractivity (Wildman–Crippen MR) is 57.7 cm³/mol. The van der Waals surface area contributed by atoms with Crippen molar-refractivity contribution in [1.82, 2.24) is 25.2 Å². The molecule has 2 aromatic heterocycles. The van der Waals surface area contributed by atoms with Gasteiger partial charge in [-0.05, 0) is 25.5 Å². The average Bonchev–Trinajstić information content (AvgIpc) is 2.83. The van der Waals surface area contributed by atoms with Crippen molar-refractivity contribution >= 4 is 0 Å². The molecule has 1 N–H and O–H groups in total. The highest BCUT2D eigenvalue weighted by Crippen LogP contribution is 1.97. The van der Waals surface area contributed by atoms with Gasteiger partial charge in [0.15, 0.2) is 5.82 Å². The highest BCUT2D eigenvalue weighted by Gasteiger charge is 2.01. The minimum Gasteiger partial charge on any atom is -0.338 e. The second-order valence-electron chi connectivity index (χ2n) is 3.68. The van der Waals surface area contributed by atoms with E-state index in [1.54, 1.807) is 4.68 Å². The molecule has 2 rings (SSSR count). The van der Waals surface area contributed by atoms with Crippen LogP contribution in [0.25, 0.3) is 0 Å². The zero-order valence-corrected chi connectivity index (χ0v) is 9.47. The van der Waals surface area contributed by atoms with E-state index in [9.17, 15) is 0 Å². The Hall–Kier alpha value is -1.69. The van der Waals surface area contributed by atoms with E-state index < -0.39 is 0 Å². The fourth-order valence-corrected chi connectivity index (χ4v) is 1.44. The van der Waals surface area contributed by atoms with E-state index in [2.05, 4.69) is 20.6 Å². The molecule has 6 nitrogen and oxygen atoms in total. The number of hydrogen-bond acceptors (Lipinski definition) is 5. The van der Waals surface area contributed by atoms with E-state index in [0.717, 1.165) is 13.0 Å². The van der Waals surface area contributed by atoms with Crippen LogP contribution in [-0.4, -0.2) is 26.5 Å². The third kappa shape index (κ3) is 2.90. The predicted octanol–water partition coefficient (Wildman–Crippen LogP) is 0.444. The first-order valence-corrected chi connectivity index (χ1v) is 5.21. The Morgan fingerprint density at radius 3 is 3.00 bits per heavy atom. The summed E-state index contributed by atoms with van der Waals surface area (Å²) in [5, 5.41) is 11.1. The fourth-order valence-electron chi connectivity index (χ4n) is 1.44. The van der Waals surface area contributed by atoms with E-state index in [-0.39, 0.29) is 0 Å². The molecule has 0 saturated carbocycles. The van der Waals surface area contributed by atoms with Crippen molar-refractivity contribution in [3.63, 3.8) is 0 Å². The average molecular weight is 221 g/mol. The van der Waals surface area contributed by atoms with Crippen LogP contribution in [0.1, 0.15) is 17.3 Å². The van der Waals surface area contributed by atoms with Gasteiger partial charge in [-0.25, -0.2) is 0 Å². The van der Waals surface area contributed by atoms with Gasteiger partial charge in [-0.1, -0.05) is 5.16 Å². The lowest BCUT2D eigenvalue weighted by Crippen LogP contribution is -2.16. The number of aryl methyl sites for hydroxylation is 2. The van der Waals surface area contributed by atoms with Gasteiger partial charge in [-0.2, -0.15) is 10.1 Å². The van der Waals surface area contributed by atoms with Gasteiger partial charge in [0.05, 0.1) is 12.7 Å². The Morgan fingerprint density at radius 2 is 2.38 bits per heavy atom. The third-order valence-corrected chi connectivity index (χ3v) is 2.19. The molecule has 0 spiro atoms. The maximum Gasteiger partial charge on any atom is 0.240 e. The second-order valence-corrected chi connectivity index (χ2v) is 3.68. The monoisotopic (exact) mass is 221 g/mol. The minimum atomic E-state index is 0.612. The van der Waals surface area contributed by atoms with Gasteiger partial charge in [0, 0.05) is 13.2 Å². The lowest BCUT2D eigenvalue weighted by molar-refractivity contribution is 0.365. The van der Waals surface area contributed by atoms with Crippen LogP contribution in [0, 0.1) is 6.92 Å². The summed E-state index contributed by atoms with van der Waals surface area (Å²) >= 11 is 0. The summed E-state index contributed by atoms with van der Waals surface area (Å²) in [5.74, 6) is 1.30. The molecule has 0 aliphatic carbocycles. The Kier molecular flexibility index (Phi) is 3.31. The highest BCUT2D eigenvalue weighted by molar-refractivity contribution is 5.03. The topological polar surface area (TPSA) is 68.8 Å². The molecule has 2 aromatic rings. The van der Waals surface area contributed by atoms with Crippen molar-refractivity contribution in [1.29, 1.82) is 0 Å². The molecular weight excluding hydrogens is 206 g/mol. The highest BCUT2D eigenvalue weighted by atomic mass is 16.5. The quantitative estimate of drug-likeness (QED) is 0.742. The molecule has 86 valence electrons. The van der Waals surface area contributed by atoms with Crippen molar-refractivity contribution < 1.29 is 4.52 Å². The zero-order valence-electron chi connectivity index (χ0n) is 9.47. The standard InChI is InChI=1S/C10H15N5O/c1-8-13-10(16-14-8)6-11-4-3-9-5-12-15(2)7-9/h5,7,11H,3-4,6H2,1-2H3. The number of nitrogens with zero attached hydrogens (tertiary/aromatic N) is 4. The molecule has 6 heteroatoms. The Morgan fingerprint density at radius 1 is 1.50 bits per heavy atom. The van der Waals surface area contributed by atoms with E-state index in [0.29, 0.717) is 18.3 Å². The van der Waals surface area contributed by atoms with Gasteiger partial charge in [-0.15, -0.1) is 0 Å². The molecule has 0 bridgehead atoms. The van der Waals surface area contributed by atoms with E-state index in [1.165, 1.54) is 5.56 Å². The molecule has 0 fully saturated rings. The number of nitrogens with one attached hydrogen (secondary N) is 1. The molecule has 0 saturated heterocycles. The molecule has 0 amide bonds. The summed E-state index contributed by atoms with van der Waals surface area (Å²) in [6, 6.07) is 0. The van der Waals surface area contributed by atoms with Gasteiger partial charge in [0.25, 0.3) is 0 Å². The van der Waals surface area contributed by atoms with Crippen molar-refractivity contribution in [3.05, 3.63) is 29.7 Å².